The average Bonchev–Trinajstić information content (AvgIpc) is 3.11. The molecule has 3 aromatic heterocycles. The molecule has 0 aliphatic rings. The van der Waals surface area contributed by atoms with Crippen LogP contribution in [0.4, 0.5) is 0 Å². The molecular weight excluding hydrogens is 292 g/mol. The molecule has 0 radical (unpaired) electrons. The molecule has 1 N–H and O–H groups in total. The summed E-state index contributed by atoms with van der Waals surface area (Å²) in [4.78, 5) is 9.66. The summed E-state index contributed by atoms with van der Waals surface area (Å²) in [6.45, 7) is 1.60. The van der Waals surface area contributed by atoms with Crippen molar-refractivity contribution in [3.8, 4) is 5.82 Å². The van der Waals surface area contributed by atoms with Crippen molar-refractivity contribution >= 4 is 22.9 Å². The Bertz CT molecular complexity index is 661. The maximum Gasteiger partial charge on any atom is 0.137 e. The minimum Gasteiger partial charge on any atom is -0.308 e. The first-order valence-corrected chi connectivity index (χ1v) is 7.39. The Kier molecular flexibility index (Phi) is 4.11. The number of pyridine rings is 1. The summed E-state index contributed by atoms with van der Waals surface area (Å²) in [6.07, 6.45) is 7.23. The fourth-order valence-corrected chi connectivity index (χ4v) is 2.90. The van der Waals surface area contributed by atoms with Crippen LogP contribution in [0.25, 0.3) is 5.82 Å². The predicted molar refractivity (Wildman–Crippen MR) is 81.2 cm³/mol. The molecule has 0 spiro atoms. The summed E-state index contributed by atoms with van der Waals surface area (Å²) in [7, 11) is 0. The van der Waals surface area contributed by atoms with E-state index < -0.39 is 0 Å². The molecule has 0 aliphatic heterocycles. The lowest BCUT2D eigenvalue weighted by Gasteiger charge is -2.05. The predicted octanol–water partition coefficient (Wildman–Crippen LogP) is 3.27. The van der Waals surface area contributed by atoms with Gasteiger partial charge in [-0.15, -0.1) is 11.3 Å². The van der Waals surface area contributed by atoms with Crippen molar-refractivity contribution in [2.45, 2.75) is 13.1 Å². The van der Waals surface area contributed by atoms with Crippen LogP contribution < -0.4 is 5.32 Å². The molecule has 0 aromatic carbocycles. The first kappa shape index (κ1) is 13.3. The Morgan fingerprint density at radius 2 is 2.15 bits per heavy atom. The average molecular weight is 305 g/mol. The molecule has 3 aromatic rings. The van der Waals surface area contributed by atoms with Crippen molar-refractivity contribution in [3.63, 3.8) is 0 Å². The normalized spacial score (nSPS) is 10.8. The third kappa shape index (κ3) is 3.25. The molecule has 0 atom stereocenters. The lowest BCUT2D eigenvalue weighted by molar-refractivity contribution is 0.698. The summed E-state index contributed by atoms with van der Waals surface area (Å²) in [6, 6.07) is 8.02. The van der Waals surface area contributed by atoms with Crippen molar-refractivity contribution in [2.75, 3.05) is 0 Å². The van der Waals surface area contributed by atoms with E-state index >= 15 is 0 Å². The monoisotopic (exact) mass is 304 g/mol. The van der Waals surface area contributed by atoms with Gasteiger partial charge in [-0.2, -0.15) is 0 Å². The third-order valence-corrected chi connectivity index (χ3v) is 4.07. The van der Waals surface area contributed by atoms with Gasteiger partial charge in [0.2, 0.25) is 0 Å². The van der Waals surface area contributed by atoms with Crippen molar-refractivity contribution in [1.29, 1.82) is 0 Å². The van der Waals surface area contributed by atoms with Crippen LogP contribution in [0.2, 0.25) is 4.34 Å². The van der Waals surface area contributed by atoms with E-state index in [4.69, 9.17) is 11.6 Å². The first-order valence-electron chi connectivity index (χ1n) is 6.19. The molecular formula is C14H13ClN4S. The number of nitrogens with zero attached hydrogens (tertiary/aromatic N) is 3. The second kappa shape index (κ2) is 6.17. The van der Waals surface area contributed by atoms with Gasteiger partial charge in [0.05, 0.1) is 4.34 Å². The van der Waals surface area contributed by atoms with E-state index in [1.54, 1.807) is 23.9 Å². The zero-order valence-corrected chi connectivity index (χ0v) is 12.2. The number of nitrogens with one attached hydrogen (secondary N) is 1. The highest BCUT2D eigenvalue weighted by Crippen LogP contribution is 2.21. The van der Waals surface area contributed by atoms with Gasteiger partial charge in [0.1, 0.15) is 12.1 Å². The van der Waals surface area contributed by atoms with Gasteiger partial charge in [-0.25, -0.2) is 9.97 Å². The van der Waals surface area contributed by atoms with Gasteiger partial charge in [0.25, 0.3) is 0 Å². The molecule has 6 heteroatoms. The van der Waals surface area contributed by atoms with E-state index in [1.807, 2.05) is 35.2 Å². The highest BCUT2D eigenvalue weighted by Gasteiger charge is 2.00. The molecule has 102 valence electrons. The van der Waals surface area contributed by atoms with E-state index in [0.29, 0.717) is 0 Å². The van der Waals surface area contributed by atoms with Gasteiger partial charge < -0.3 is 5.32 Å². The fraction of sp³-hybridized carbons (Fsp3) is 0.143. The summed E-state index contributed by atoms with van der Waals surface area (Å²) < 4.78 is 2.71. The standard InChI is InChI=1S/C14H13ClN4S/c15-13-3-2-12(20-13)9-17-7-11-1-4-14(18-8-11)19-6-5-16-10-19/h1-6,8,10,17H,7,9H2. The number of hydrogen-bond donors (Lipinski definition) is 1. The van der Waals surface area contributed by atoms with Crippen molar-refractivity contribution in [2.24, 2.45) is 0 Å². The van der Waals surface area contributed by atoms with E-state index in [2.05, 4.69) is 21.4 Å². The van der Waals surface area contributed by atoms with E-state index in [1.165, 1.54) is 4.88 Å². The quantitative estimate of drug-likeness (QED) is 0.786. The minimum absolute atomic E-state index is 0.784. The zero-order chi connectivity index (χ0) is 13.8. The van der Waals surface area contributed by atoms with Crippen LogP contribution in [0, 0.1) is 0 Å². The van der Waals surface area contributed by atoms with Crippen LogP contribution in [0.3, 0.4) is 0 Å². The van der Waals surface area contributed by atoms with Gasteiger partial charge in [0, 0.05) is 36.6 Å². The summed E-state index contributed by atoms with van der Waals surface area (Å²) in [5, 5.41) is 3.38. The highest BCUT2D eigenvalue weighted by atomic mass is 35.5. The maximum atomic E-state index is 5.90. The van der Waals surface area contributed by atoms with Crippen LogP contribution in [0.5, 0.6) is 0 Å². The number of rotatable bonds is 5. The Balaban J connectivity index is 1.56. The van der Waals surface area contributed by atoms with E-state index in [9.17, 15) is 0 Å². The molecule has 0 aliphatic carbocycles. The molecule has 0 fully saturated rings. The van der Waals surface area contributed by atoms with Gasteiger partial charge in [-0.1, -0.05) is 17.7 Å². The van der Waals surface area contributed by atoms with Gasteiger partial charge in [-0.05, 0) is 23.8 Å². The Morgan fingerprint density at radius 3 is 2.80 bits per heavy atom. The molecule has 0 saturated carbocycles. The lowest BCUT2D eigenvalue weighted by atomic mass is 10.3. The van der Waals surface area contributed by atoms with Crippen LogP contribution in [0.15, 0.2) is 49.2 Å². The van der Waals surface area contributed by atoms with Gasteiger partial charge in [-0.3, -0.25) is 4.57 Å². The van der Waals surface area contributed by atoms with E-state index in [-0.39, 0.29) is 0 Å². The van der Waals surface area contributed by atoms with Crippen LogP contribution in [-0.2, 0) is 13.1 Å². The second-order valence-electron chi connectivity index (χ2n) is 4.30. The summed E-state index contributed by atoms with van der Waals surface area (Å²) in [5.74, 6) is 0.872. The minimum atomic E-state index is 0.784. The molecule has 0 saturated heterocycles. The Morgan fingerprint density at radius 1 is 1.20 bits per heavy atom. The summed E-state index contributed by atoms with van der Waals surface area (Å²) in [5.41, 5.74) is 1.15. The second-order valence-corrected chi connectivity index (χ2v) is 6.10. The maximum absolute atomic E-state index is 5.90. The fourth-order valence-electron chi connectivity index (χ4n) is 1.85. The van der Waals surface area contributed by atoms with Gasteiger partial charge >= 0.3 is 0 Å². The van der Waals surface area contributed by atoms with Crippen molar-refractivity contribution < 1.29 is 0 Å². The Labute approximate surface area is 126 Å². The van der Waals surface area contributed by atoms with Crippen LogP contribution >= 0.6 is 22.9 Å². The smallest absolute Gasteiger partial charge is 0.137 e. The summed E-state index contributed by atoms with van der Waals surface area (Å²) >= 11 is 7.50. The number of halogens is 1. The largest absolute Gasteiger partial charge is 0.308 e. The molecule has 3 heterocycles. The van der Waals surface area contributed by atoms with Crippen LogP contribution in [0.1, 0.15) is 10.4 Å². The number of aromatic nitrogens is 3. The molecule has 4 nitrogen and oxygen atoms in total. The number of imidazole rings is 1. The highest BCUT2D eigenvalue weighted by molar-refractivity contribution is 7.16. The topological polar surface area (TPSA) is 42.7 Å². The number of hydrogen-bond acceptors (Lipinski definition) is 4. The molecule has 20 heavy (non-hydrogen) atoms. The molecule has 3 rings (SSSR count). The third-order valence-electron chi connectivity index (χ3n) is 2.84. The SMILES string of the molecule is Clc1ccc(CNCc2ccc(-n3ccnc3)nc2)s1. The molecule has 0 amide bonds. The van der Waals surface area contributed by atoms with Gasteiger partial charge in [0.15, 0.2) is 0 Å². The van der Waals surface area contributed by atoms with Crippen molar-refractivity contribution in [1.82, 2.24) is 19.9 Å². The zero-order valence-electron chi connectivity index (χ0n) is 10.7. The Hall–Kier alpha value is -1.69. The molecule has 0 unspecified atom stereocenters. The first-order chi connectivity index (χ1) is 9.81. The lowest BCUT2D eigenvalue weighted by Crippen LogP contribution is -2.12. The van der Waals surface area contributed by atoms with E-state index in [0.717, 1.165) is 28.8 Å². The van der Waals surface area contributed by atoms with Crippen LogP contribution in [-0.4, -0.2) is 14.5 Å². The molecule has 0 bridgehead atoms. The number of thiophene rings is 1. The van der Waals surface area contributed by atoms with Crippen molar-refractivity contribution in [3.05, 3.63) is 64.0 Å².